The maximum atomic E-state index is 6.33. The molecule has 0 heterocycles. The van der Waals surface area contributed by atoms with Crippen molar-refractivity contribution < 1.29 is 0 Å². The van der Waals surface area contributed by atoms with Crippen LogP contribution in [0, 0.1) is 17.8 Å². The predicted molar refractivity (Wildman–Crippen MR) is 51.0 cm³/mol. The Kier molecular flexibility index (Phi) is 3.24. The summed E-state index contributed by atoms with van der Waals surface area (Å²) in [6.45, 7) is 6.86. The minimum Gasteiger partial charge on any atom is -0.122 e. The lowest BCUT2D eigenvalue weighted by Crippen LogP contribution is -2.30. The normalized spacial score (nSPS) is 39.5. The monoisotopic (exact) mass is 174 g/mol. The van der Waals surface area contributed by atoms with Crippen LogP contribution in [0.15, 0.2) is 0 Å². The highest BCUT2D eigenvalue weighted by molar-refractivity contribution is 6.21. The van der Waals surface area contributed by atoms with E-state index in [-0.39, 0.29) is 0 Å². The summed E-state index contributed by atoms with van der Waals surface area (Å²) in [4.78, 5) is 0. The molecular weight excluding hydrogens is 156 g/mol. The zero-order valence-electron chi connectivity index (χ0n) is 7.81. The van der Waals surface area contributed by atoms with Crippen molar-refractivity contribution >= 4 is 11.6 Å². The molecule has 3 unspecified atom stereocenters. The molecule has 0 amide bonds. The van der Waals surface area contributed by atoms with Gasteiger partial charge in [-0.1, -0.05) is 27.2 Å². The first-order valence-corrected chi connectivity index (χ1v) is 5.20. The van der Waals surface area contributed by atoms with E-state index in [0.29, 0.717) is 5.38 Å². The molecule has 1 aliphatic rings. The molecule has 3 atom stereocenters. The summed E-state index contributed by atoms with van der Waals surface area (Å²) in [5.41, 5.74) is 0. The molecule has 1 rings (SSSR count). The second kappa shape index (κ2) is 3.80. The highest BCUT2D eigenvalue weighted by Gasteiger charge is 2.30. The minimum atomic E-state index is 0.434. The van der Waals surface area contributed by atoms with Gasteiger partial charge >= 0.3 is 0 Å². The van der Waals surface area contributed by atoms with Crippen LogP contribution >= 0.6 is 11.6 Å². The third-order valence-corrected chi connectivity index (χ3v) is 3.76. The summed E-state index contributed by atoms with van der Waals surface area (Å²) in [6.07, 6.45) is 4.06. The number of rotatable bonds is 1. The average molecular weight is 175 g/mol. The lowest BCUT2D eigenvalue weighted by atomic mass is 9.76. The van der Waals surface area contributed by atoms with Crippen molar-refractivity contribution in [1.82, 2.24) is 0 Å². The molecule has 66 valence electrons. The van der Waals surface area contributed by atoms with E-state index in [0.717, 1.165) is 17.8 Å². The molecular formula is C10H19Cl. The van der Waals surface area contributed by atoms with Crippen LogP contribution in [0.3, 0.4) is 0 Å². The van der Waals surface area contributed by atoms with E-state index in [9.17, 15) is 0 Å². The zero-order valence-corrected chi connectivity index (χ0v) is 8.56. The Morgan fingerprint density at radius 2 is 1.91 bits per heavy atom. The predicted octanol–water partition coefficient (Wildman–Crippen LogP) is 3.69. The molecule has 0 nitrogen and oxygen atoms in total. The highest BCUT2D eigenvalue weighted by atomic mass is 35.5. The molecule has 1 aliphatic carbocycles. The van der Waals surface area contributed by atoms with Gasteiger partial charge in [-0.15, -0.1) is 11.6 Å². The topological polar surface area (TPSA) is 0 Å². The summed E-state index contributed by atoms with van der Waals surface area (Å²) in [7, 11) is 0. The van der Waals surface area contributed by atoms with E-state index in [1.54, 1.807) is 0 Å². The molecule has 0 aliphatic heterocycles. The summed E-state index contributed by atoms with van der Waals surface area (Å²) in [6, 6.07) is 0. The maximum absolute atomic E-state index is 6.33. The van der Waals surface area contributed by atoms with Crippen LogP contribution in [-0.2, 0) is 0 Å². The van der Waals surface area contributed by atoms with E-state index < -0.39 is 0 Å². The van der Waals surface area contributed by atoms with Crippen molar-refractivity contribution in [1.29, 1.82) is 0 Å². The molecule has 0 bridgehead atoms. The molecule has 0 aromatic rings. The summed E-state index contributed by atoms with van der Waals surface area (Å²) in [5, 5.41) is 0.434. The number of hydrogen-bond acceptors (Lipinski definition) is 0. The van der Waals surface area contributed by atoms with Crippen molar-refractivity contribution in [3.05, 3.63) is 0 Å². The Balaban J connectivity index is 2.51. The van der Waals surface area contributed by atoms with E-state index in [2.05, 4.69) is 20.8 Å². The molecule has 0 spiro atoms. The van der Waals surface area contributed by atoms with Crippen molar-refractivity contribution in [3.8, 4) is 0 Å². The number of hydrogen-bond donors (Lipinski definition) is 0. The van der Waals surface area contributed by atoms with E-state index in [4.69, 9.17) is 11.6 Å². The summed E-state index contributed by atoms with van der Waals surface area (Å²) < 4.78 is 0. The molecule has 0 aromatic carbocycles. The van der Waals surface area contributed by atoms with Gasteiger partial charge in [0.1, 0.15) is 0 Å². The second-order valence-electron chi connectivity index (χ2n) is 4.26. The fraction of sp³-hybridized carbons (Fsp3) is 1.00. The molecule has 1 fully saturated rings. The van der Waals surface area contributed by atoms with Crippen LogP contribution in [0.5, 0.6) is 0 Å². The lowest BCUT2D eigenvalue weighted by Gasteiger charge is -2.34. The maximum Gasteiger partial charge on any atom is 0.0392 e. The summed E-state index contributed by atoms with van der Waals surface area (Å²) >= 11 is 6.33. The average Bonchev–Trinajstić information content (AvgIpc) is 1.94. The Hall–Kier alpha value is 0.290. The van der Waals surface area contributed by atoms with Gasteiger partial charge in [-0.25, -0.2) is 0 Å². The van der Waals surface area contributed by atoms with Gasteiger partial charge in [-0.2, -0.15) is 0 Å². The second-order valence-corrected chi connectivity index (χ2v) is 4.76. The standard InChI is InChI=1S/C10H19Cl/c1-7(2)9-6-4-5-8(3)10(9)11/h7-10H,4-6H2,1-3H3. The molecule has 0 N–H and O–H groups in total. The van der Waals surface area contributed by atoms with Gasteiger partial charge in [0.2, 0.25) is 0 Å². The third kappa shape index (κ3) is 2.11. The van der Waals surface area contributed by atoms with E-state index >= 15 is 0 Å². The van der Waals surface area contributed by atoms with Gasteiger partial charge in [-0.05, 0) is 30.6 Å². The van der Waals surface area contributed by atoms with Crippen LogP contribution in [0.4, 0.5) is 0 Å². The zero-order chi connectivity index (χ0) is 8.43. The van der Waals surface area contributed by atoms with Gasteiger partial charge in [0.25, 0.3) is 0 Å². The molecule has 1 heteroatoms. The fourth-order valence-electron chi connectivity index (χ4n) is 2.12. The first-order chi connectivity index (χ1) is 5.13. The summed E-state index contributed by atoms with van der Waals surface area (Å²) in [5.74, 6) is 2.26. The first-order valence-electron chi connectivity index (χ1n) is 4.77. The molecule has 1 saturated carbocycles. The Morgan fingerprint density at radius 3 is 2.36 bits per heavy atom. The highest BCUT2D eigenvalue weighted by Crippen LogP contribution is 2.37. The third-order valence-electron chi connectivity index (χ3n) is 3.01. The van der Waals surface area contributed by atoms with Crippen LogP contribution in [0.25, 0.3) is 0 Å². The molecule has 0 saturated heterocycles. The molecule has 11 heavy (non-hydrogen) atoms. The largest absolute Gasteiger partial charge is 0.122 e. The Labute approximate surface area is 75.3 Å². The molecule has 0 radical (unpaired) electrons. The van der Waals surface area contributed by atoms with Crippen molar-refractivity contribution in [2.75, 3.05) is 0 Å². The van der Waals surface area contributed by atoms with Crippen molar-refractivity contribution in [2.45, 2.75) is 45.4 Å². The van der Waals surface area contributed by atoms with Gasteiger partial charge in [0.05, 0.1) is 0 Å². The van der Waals surface area contributed by atoms with E-state index in [1.165, 1.54) is 19.3 Å². The lowest BCUT2D eigenvalue weighted by molar-refractivity contribution is 0.233. The smallest absolute Gasteiger partial charge is 0.0392 e. The fourth-order valence-corrected chi connectivity index (χ4v) is 2.66. The van der Waals surface area contributed by atoms with Crippen LogP contribution in [0.2, 0.25) is 0 Å². The van der Waals surface area contributed by atoms with Crippen LogP contribution in [0.1, 0.15) is 40.0 Å². The Morgan fingerprint density at radius 1 is 1.27 bits per heavy atom. The SMILES string of the molecule is CC(C)C1CCCC(C)C1Cl. The Bertz CT molecular complexity index is 120. The van der Waals surface area contributed by atoms with Crippen LogP contribution < -0.4 is 0 Å². The van der Waals surface area contributed by atoms with Gasteiger partial charge in [0.15, 0.2) is 0 Å². The van der Waals surface area contributed by atoms with Gasteiger partial charge in [0, 0.05) is 5.38 Å². The first kappa shape index (κ1) is 9.38. The quantitative estimate of drug-likeness (QED) is 0.532. The van der Waals surface area contributed by atoms with Crippen molar-refractivity contribution in [2.24, 2.45) is 17.8 Å². The number of halogens is 1. The molecule has 0 aromatic heterocycles. The van der Waals surface area contributed by atoms with E-state index in [1.807, 2.05) is 0 Å². The minimum absolute atomic E-state index is 0.434. The van der Waals surface area contributed by atoms with Gasteiger partial charge in [-0.3, -0.25) is 0 Å². The van der Waals surface area contributed by atoms with Crippen LogP contribution in [-0.4, -0.2) is 5.38 Å². The number of alkyl halides is 1. The van der Waals surface area contributed by atoms with Gasteiger partial charge < -0.3 is 0 Å². The van der Waals surface area contributed by atoms with Crippen molar-refractivity contribution in [3.63, 3.8) is 0 Å².